The first-order valence-electron chi connectivity index (χ1n) is 7.09. The van der Waals surface area contributed by atoms with Gasteiger partial charge in [-0.1, -0.05) is 52.0 Å². The number of nitrogens with one attached hydrogen (secondary N) is 1. The number of benzene rings is 1. The van der Waals surface area contributed by atoms with E-state index in [1.165, 1.54) is 5.56 Å². The monoisotopic (exact) mass is 249 g/mol. The molecule has 0 bridgehead atoms. The van der Waals surface area contributed by atoms with Crippen molar-refractivity contribution in [2.24, 2.45) is 0 Å². The number of hydrogen-bond donors (Lipinski definition) is 2. The standard InChI is InChI=1S/C16H27NO/c1-5-15(6-2)17-11-16(18)14-9-7-13(8-10-14)12(3)4/h7-10,12,15-18H,5-6,11H2,1-4H3. The molecule has 0 saturated heterocycles. The molecule has 0 aliphatic heterocycles. The van der Waals surface area contributed by atoms with Gasteiger partial charge in [-0.2, -0.15) is 0 Å². The Labute approximate surface area is 111 Å². The van der Waals surface area contributed by atoms with Crippen LogP contribution in [0.3, 0.4) is 0 Å². The van der Waals surface area contributed by atoms with E-state index >= 15 is 0 Å². The summed E-state index contributed by atoms with van der Waals surface area (Å²) >= 11 is 0. The molecule has 1 aromatic carbocycles. The molecule has 18 heavy (non-hydrogen) atoms. The van der Waals surface area contributed by atoms with Crippen LogP contribution in [0, 0.1) is 0 Å². The molecule has 0 heterocycles. The molecule has 0 saturated carbocycles. The minimum atomic E-state index is -0.410. The van der Waals surface area contributed by atoms with Gasteiger partial charge < -0.3 is 10.4 Å². The van der Waals surface area contributed by atoms with E-state index in [1.54, 1.807) is 0 Å². The Morgan fingerprint density at radius 1 is 1.00 bits per heavy atom. The number of aliphatic hydroxyl groups excluding tert-OH is 1. The number of hydrogen-bond acceptors (Lipinski definition) is 2. The first-order valence-corrected chi connectivity index (χ1v) is 7.09. The molecule has 102 valence electrons. The molecule has 1 unspecified atom stereocenters. The van der Waals surface area contributed by atoms with Crippen molar-refractivity contribution < 1.29 is 5.11 Å². The lowest BCUT2D eigenvalue weighted by Gasteiger charge is -2.18. The third kappa shape index (κ3) is 4.43. The van der Waals surface area contributed by atoms with Crippen molar-refractivity contribution in [3.8, 4) is 0 Å². The van der Waals surface area contributed by atoms with Gasteiger partial charge in [0.15, 0.2) is 0 Å². The van der Waals surface area contributed by atoms with Gasteiger partial charge in [-0.05, 0) is 29.9 Å². The maximum absolute atomic E-state index is 10.1. The summed E-state index contributed by atoms with van der Waals surface area (Å²) in [7, 11) is 0. The topological polar surface area (TPSA) is 32.3 Å². The van der Waals surface area contributed by atoms with Crippen molar-refractivity contribution in [2.75, 3.05) is 6.54 Å². The quantitative estimate of drug-likeness (QED) is 0.773. The second-order valence-electron chi connectivity index (χ2n) is 5.26. The Balaban J connectivity index is 2.53. The molecule has 0 spiro atoms. The van der Waals surface area contributed by atoms with E-state index in [4.69, 9.17) is 0 Å². The average Bonchev–Trinajstić information content (AvgIpc) is 2.39. The van der Waals surface area contributed by atoms with Gasteiger partial charge in [0.1, 0.15) is 0 Å². The van der Waals surface area contributed by atoms with E-state index in [0.29, 0.717) is 18.5 Å². The molecule has 1 aromatic rings. The van der Waals surface area contributed by atoms with Gasteiger partial charge in [-0.15, -0.1) is 0 Å². The van der Waals surface area contributed by atoms with Crippen LogP contribution in [0.15, 0.2) is 24.3 Å². The van der Waals surface area contributed by atoms with E-state index in [9.17, 15) is 5.11 Å². The van der Waals surface area contributed by atoms with Crippen LogP contribution in [-0.4, -0.2) is 17.7 Å². The average molecular weight is 249 g/mol. The van der Waals surface area contributed by atoms with Crippen LogP contribution in [0.25, 0.3) is 0 Å². The predicted octanol–water partition coefficient (Wildman–Crippen LogP) is 3.62. The van der Waals surface area contributed by atoms with Crippen LogP contribution in [0.2, 0.25) is 0 Å². The maximum Gasteiger partial charge on any atom is 0.0914 e. The van der Waals surface area contributed by atoms with Gasteiger partial charge in [0.2, 0.25) is 0 Å². The van der Waals surface area contributed by atoms with Gasteiger partial charge in [-0.25, -0.2) is 0 Å². The molecule has 0 amide bonds. The van der Waals surface area contributed by atoms with Crippen molar-refractivity contribution in [2.45, 2.75) is 58.6 Å². The van der Waals surface area contributed by atoms with Crippen molar-refractivity contribution in [1.82, 2.24) is 5.32 Å². The molecular formula is C16H27NO. The van der Waals surface area contributed by atoms with Crippen LogP contribution >= 0.6 is 0 Å². The first kappa shape index (κ1) is 15.2. The summed E-state index contributed by atoms with van der Waals surface area (Å²) in [5, 5.41) is 13.5. The van der Waals surface area contributed by atoms with Gasteiger partial charge in [0.05, 0.1) is 6.10 Å². The lowest BCUT2D eigenvalue weighted by atomic mass is 10.00. The Kier molecular flexibility index (Phi) is 6.37. The summed E-state index contributed by atoms with van der Waals surface area (Å²) in [5.41, 5.74) is 2.32. The lowest BCUT2D eigenvalue weighted by molar-refractivity contribution is 0.169. The van der Waals surface area contributed by atoms with Crippen molar-refractivity contribution in [1.29, 1.82) is 0 Å². The van der Waals surface area contributed by atoms with E-state index in [0.717, 1.165) is 18.4 Å². The van der Waals surface area contributed by atoms with E-state index in [2.05, 4.69) is 45.1 Å². The fraction of sp³-hybridized carbons (Fsp3) is 0.625. The number of rotatable bonds is 7. The maximum atomic E-state index is 10.1. The van der Waals surface area contributed by atoms with Crippen molar-refractivity contribution in [3.05, 3.63) is 35.4 Å². The number of aliphatic hydroxyl groups is 1. The molecule has 0 fully saturated rings. The minimum absolute atomic E-state index is 0.410. The summed E-state index contributed by atoms with van der Waals surface area (Å²) < 4.78 is 0. The Bertz CT molecular complexity index is 327. The third-order valence-electron chi connectivity index (χ3n) is 3.57. The van der Waals surface area contributed by atoms with Crippen LogP contribution < -0.4 is 5.32 Å². The first-order chi connectivity index (χ1) is 8.58. The second kappa shape index (κ2) is 7.55. The molecule has 2 N–H and O–H groups in total. The van der Waals surface area contributed by atoms with Crippen LogP contribution in [-0.2, 0) is 0 Å². The Morgan fingerprint density at radius 3 is 1.94 bits per heavy atom. The highest BCUT2D eigenvalue weighted by Gasteiger charge is 2.10. The molecule has 0 radical (unpaired) electrons. The van der Waals surface area contributed by atoms with Crippen molar-refractivity contribution in [3.63, 3.8) is 0 Å². The highest BCUT2D eigenvalue weighted by atomic mass is 16.3. The molecule has 1 rings (SSSR count). The summed E-state index contributed by atoms with van der Waals surface area (Å²) in [6.07, 6.45) is 1.80. The van der Waals surface area contributed by atoms with Gasteiger partial charge in [0.25, 0.3) is 0 Å². The SMILES string of the molecule is CCC(CC)NCC(O)c1ccc(C(C)C)cc1. The summed E-state index contributed by atoms with van der Waals surface area (Å²) in [4.78, 5) is 0. The molecular weight excluding hydrogens is 222 g/mol. The highest BCUT2D eigenvalue weighted by Crippen LogP contribution is 2.18. The highest BCUT2D eigenvalue weighted by molar-refractivity contribution is 5.26. The zero-order chi connectivity index (χ0) is 13.5. The molecule has 0 aliphatic rings. The van der Waals surface area contributed by atoms with Gasteiger partial charge in [-0.3, -0.25) is 0 Å². The largest absolute Gasteiger partial charge is 0.387 e. The lowest BCUT2D eigenvalue weighted by Crippen LogP contribution is -2.31. The van der Waals surface area contributed by atoms with Crippen LogP contribution in [0.4, 0.5) is 0 Å². The predicted molar refractivity (Wildman–Crippen MR) is 77.9 cm³/mol. The van der Waals surface area contributed by atoms with E-state index in [1.807, 2.05) is 12.1 Å². The van der Waals surface area contributed by atoms with E-state index in [-0.39, 0.29) is 0 Å². The second-order valence-corrected chi connectivity index (χ2v) is 5.26. The zero-order valence-corrected chi connectivity index (χ0v) is 12.1. The van der Waals surface area contributed by atoms with Crippen molar-refractivity contribution >= 4 is 0 Å². The summed E-state index contributed by atoms with van der Waals surface area (Å²) in [6.45, 7) is 9.34. The molecule has 1 atom stereocenters. The fourth-order valence-corrected chi connectivity index (χ4v) is 2.08. The molecule has 0 aromatic heterocycles. The fourth-order valence-electron chi connectivity index (χ4n) is 2.08. The minimum Gasteiger partial charge on any atom is -0.387 e. The Morgan fingerprint density at radius 2 is 1.50 bits per heavy atom. The van der Waals surface area contributed by atoms with E-state index < -0.39 is 6.10 Å². The molecule has 2 heteroatoms. The van der Waals surface area contributed by atoms with Crippen LogP contribution in [0.5, 0.6) is 0 Å². The molecule has 0 aliphatic carbocycles. The summed E-state index contributed by atoms with van der Waals surface area (Å²) in [5.74, 6) is 0.541. The van der Waals surface area contributed by atoms with Gasteiger partial charge in [0, 0.05) is 12.6 Å². The smallest absolute Gasteiger partial charge is 0.0914 e. The Hall–Kier alpha value is -0.860. The van der Waals surface area contributed by atoms with Gasteiger partial charge >= 0.3 is 0 Å². The summed E-state index contributed by atoms with van der Waals surface area (Å²) in [6, 6.07) is 8.80. The molecule has 2 nitrogen and oxygen atoms in total. The normalized spacial score (nSPS) is 13.3. The third-order valence-corrected chi connectivity index (χ3v) is 3.57. The zero-order valence-electron chi connectivity index (χ0n) is 12.1. The van der Waals surface area contributed by atoms with Crippen LogP contribution in [0.1, 0.15) is 63.7 Å².